The molecule has 6 heteroatoms. The minimum Gasteiger partial charge on any atom is -0.494 e. The van der Waals surface area contributed by atoms with Crippen LogP contribution in [0.1, 0.15) is 17.2 Å². The summed E-state index contributed by atoms with van der Waals surface area (Å²) in [5.41, 5.74) is 3.33. The largest absolute Gasteiger partial charge is 0.494 e. The van der Waals surface area contributed by atoms with Crippen molar-refractivity contribution in [3.63, 3.8) is 0 Å². The van der Waals surface area contributed by atoms with Crippen LogP contribution < -0.4 is 16.0 Å². The number of hydrogen-bond acceptors (Lipinski definition) is 3. The molecular formula is C14H13BrF2N2O. The summed E-state index contributed by atoms with van der Waals surface area (Å²) in [7, 11) is 1.38. The molecular weight excluding hydrogens is 330 g/mol. The number of nitrogens with one attached hydrogen (secondary N) is 1. The molecule has 1 unspecified atom stereocenters. The molecule has 0 heterocycles. The molecule has 0 aliphatic carbocycles. The highest BCUT2D eigenvalue weighted by atomic mass is 79.9. The van der Waals surface area contributed by atoms with Gasteiger partial charge in [-0.2, -0.15) is 0 Å². The van der Waals surface area contributed by atoms with Gasteiger partial charge in [-0.25, -0.2) is 14.2 Å². The van der Waals surface area contributed by atoms with E-state index in [9.17, 15) is 8.78 Å². The van der Waals surface area contributed by atoms with E-state index in [2.05, 4.69) is 21.4 Å². The van der Waals surface area contributed by atoms with Crippen LogP contribution in [-0.4, -0.2) is 7.11 Å². The van der Waals surface area contributed by atoms with Crippen molar-refractivity contribution in [2.75, 3.05) is 7.11 Å². The van der Waals surface area contributed by atoms with E-state index in [4.69, 9.17) is 10.6 Å². The fourth-order valence-corrected chi connectivity index (χ4v) is 2.34. The Morgan fingerprint density at radius 1 is 1.15 bits per heavy atom. The van der Waals surface area contributed by atoms with Crippen LogP contribution in [0.2, 0.25) is 0 Å². The van der Waals surface area contributed by atoms with Gasteiger partial charge in [0, 0.05) is 10.0 Å². The van der Waals surface area contributed by atoms with Crippen molar-refractivity contribution < 1.29 is 13.5 Å². The van der Waals surface area contributed by atoms with Crippen LogP contribution in [0.25, 0.3) is 0 Å². The summed E-state index contributed by atoms with van der Waals surface area (Å²) in [6.45, 7) is 0. The monoisotopic (exact) mass is 342 g/mol. The van der Waals surface area contributed by atoms with Crippen molar-refractivity contribution in [1.29, 1.82) is 0 Å². The molecule has 3 nitrogen and oxygen atoms in total. The maximum Gasteiger partial charge on any atom is 0.165 e. The number of hydrogen-bond donors (Lipinski definition) is 2. The van der Waals surface area contributed by atoms with Crippen molar-refractivity contribution >= 4 is 15.9 Å². The summed E-state index contributed by atoms with van der Waals surface area (Å²) >= 11 is 3.27. The summed E-state index contributed by atoms with van der Waals surface area (Å²) in [5, 5.41) is 0. The first kappa shape index (κ1) is 14.9. The lowest BCUT2D eigenvalue weighted by Crippen LogP contribution is -2.29. The molecule has 0 bridgehead atoms. The van der Waals surface area contributed by atoms with E-state index in [1.165, 1.54) is 25.3 Å². The Balaban J connectivity index is 2.46. The number of methoxy groups -OCH3 is 1. The first-order valence-corrected chi connectivity index (χ1v) is 6.60. The van der Waals surface area contributed by atoms with Gasteiger partial charge in [-0.05, 0) is 35.9 Å². The van der Waals surface area contributed by atoms with Gasteiger partial charge >= 0.3 is 0 Å². The second kappa shape index (κ2) is 6.30. The first-order valence-electron chi connectivity index (χ1n) is 5.81. The van der Waals surface area contributed by atoms with E-state index in [0.717, 1.165) is 0 Å². The molecule has 3 N–H and O–H groups in total. The Morgan fingerprint density at radius 3 is 2.50 bits per heavy atom. The summed E-state index contributed by atoms with van der Waals surface area (Å²) < 4.78 is 33.2. The van der Waals surface area contributed by atoms with E-state index in [1.54, 1.807) is 18.2 Å². The third-order valence-electron chi connectivity index (χ3n) is 2.94. The van der Waals surface area contributed by atoms with E-state index in [1.807, 2.05) is 0 Å². The van der Waals surface area contributed by atoms with E-state index < -0.39 is 17.7 Å². The third-order valence-corrected chi connectivity index (χ3v) is 3.44. The number of nitrogens with two attached hydrogens (primary N) is 1. The molecule has 0 aliphatic rings. The van der Waals surface area contributed by atoms with Crippen molar-refractivity contribution in [3.05, 3.63) is 63.6 Å². The van der Waals surface area contributed by atoms with Gasteiger partial charge in [-0.15, -0.1) is 0 Å². The maximum atomic E-state index is 13.9. The average molecular weight is 343 g/mol. The lowest BCUT2D eigenvalue weighted by molar-refractivity contribution is 0.385. The smallest absolute Gasteiger partial charge is 0.165 e. The van der Waals surface area contributed by atoms with Crippen LogP contribution in [0.4, 0.5) is 8.78 Å². The van der Waals surface area contributed by atoms with Crippen LogP contribution in [0.5, 0.6) is 5.75 Å². The van der Waals surface area contributed by atoms with Crippen LogP contribution in [0, 0.1) is 11.6 Å². The maximum absolute atomic E-state index is 13.9. The molecule has 0 saturated heterocycles. The van der Waals surface area contributed by atoms with Crippen LogP contribution in [0.3, 0.4) is 0 Å². The molecule has 2 aromatic carbocycles. The van der Waals surface area contributed by atoms with Crippen LogP contribution in [0.15, 0.2) is 40.9 Å². The molecule has 20 heavy (non-hydrogen) atoms. The zero-order chi connectivity index (χ0) is 14.7. The fourth-order valence-electron chi connectivity index (χ4n) is 1.96. The Morgan fingerprint density at radius 2 is 1.90 bits per heavy atom. The Kier molecular flexibility index (Phi) is 4.69. The number of rotatable bonds is 4. The molecule has 2 aromatic rings. The van der Waals surface area contributed by atoms with Gasteiger partial charge in [-0.3, -0.25) is 5.84 Å². The molecule has 0 aromatic heterocycles. The number of halogens is 3. The van der Waals surface area contributed by atoms with E-state index in [0.29, 0.717) is 15.6 Å². The van der Waals surface area contributed by atoms with Crippen molar-refractivity contribution in [2.24, 2.45) is 5.84 Å². The molecule has 0 amide bonds. The van der Waals surface area contributed by atoms with E-state index >= 15 is 0 Å². The highest BCUT2D eigenvalue weighted by molar-refractivity contribution is 9.10. The molecule has 0 radical (unpaired) electrons. The lowest BCUT2D eigenvalue weighted by Gasteiger charge is -2.18. The molecule has 106 valence electrons. The van der Waals surface area contributed by atoms with Crippen molar-refractivity contribution in [2.45, 2.75) is 6.04 Å². The molecule has 1 atom stereocenters. The highest BCUT2D eigenvalue weighted by Gasteiger charge is 2.18. The van der Waals surface area contributed by atoms with Gasteiger partial charge in [0.05, 0.1) is 13.2 Å². The quantitative estimate of drug-likeness (QED) is 0.662. The fraction of sp³-hybridized carbons (Fsp3) is 0.143. The van der Waals surface area contributed by atoms with Gasteiger partial charge in [0.2, 0.25) is 0 Å². The summed E-state index contributed by atoms with van der Waals surface area (Å²) in [6.07, 6.45) is 0. The predicted octanol–water partition coefficient (Wildman–Crippen LogP) is 3.29. The van der Waals surface area contributed by atoms with Gasteiger partial charge < -0.3 is 4.74 Å². The lowest BCUT2D eigenvalue weighted by atomic mass is 9.98. The number of benzene rings is 2. The second-order valence-electron chi connectivity index (χ2n) is 4.16. The van der Waals surface area contributed by atoms with Crippen LogP contribution in [-0.2, 0) is 0 Å². The minimum absolute atomic E-state index is 0.124. The molecule has 0 aliphatic heterocycles. The van der Waals surface area contributed by atoms with E-state index in [-0.39, 0.29) is 5.75 Å². The zero-order valence-corrected chi connectivity index (χ0v) is 12.2. The molecule has 0 saturated carbocycles. The first-order chi connectivity index (χ1) is 9.56. The predicted molar refractivity (Wildman–Crippen MR) is 76.2 cm³/mol. The normalized spacial score (nSPS) is 12.2. The summed E-state index contributed by atoms with van der Waals surface area (Å²) in [4.78, 5) is 0. The second-order valence-corrected chi connectivity index (χ2v) is 5.08. The van der Waals surface area contributed by atoms with Crippen molar-refractivity contribution in [3.8, 4) is 5.75 Å². The van der Waals surface area contributed by atoms with Crippen molar-refractivity contribution in [1.82, 2.24) is 5.43 Å². The Hall–Kier alpha value is -1.50. The minimum atomic E-state index is -0.659. The summed E-state index contributed by atoms with van der Waals surface area (Å²) in [6, 6.07) is 8.22. The van der Waals surface area contributed by atoms with Gasteiger partial charge in [0.15, 0.2) is 11.6 Å². The van der Waals surface area contributed by atoms with Gasteiger partial charge in [0.1, 0.15) is 5.82 Å². The third kappa shape index (κ3) is 2.98. The topological polar surface area (TPSA) is 47.3 Å². The molecule has 2 rings (SSSR count). The average Bonchev–Trinajstić information content (AvgIpc) is 2.44. The summed E-state index contributed by atoms with van der Waals surface area (Å²) in [5.74, 6) is 4.66. The molecule has 0 spiro atoms. The Labute approximate surface area is 123 Å². The van der Waals surface area contributed by atoms with Crippen LogP contribution >= 0.6 is 15.9 Å². The van der Waals surface area contributed by atoms with Gasteiger partial charge in [0.25, 0.3) is 0 Å². The molecule has 0 fully saturated rings. The zero-order valence-electron chi connectivity index (χ0n) is 10.7. The number of hydrazine groups is 1. The Bertz CT molecular complexity index is 622. The standard InChI is InChI=1S/C14H13BrF2N2O/c1-20-13-5-2-8(6-12(13)17)14(19-18)10-7-9(15)3-4-11(10)16/h2-7,14,19H,18H2,1H3. The highest BCUT2D eigenvalue weighted by Crippen LogP contribution is 2.29. The SMILES string of the molecule is COc1ccc(C(NN)c2cc(Br)ccc2F)cc1F. The van der Waals surface area contributed by atoms with Gasteiger partial charge in [-0.1, -0.05) is 22.0 Å². The number of ether oxygens (including phenoxy) is 1.